The number of sulfonamides is 1. The van der Waals surface area contributed by atoms with Gasteiger partial charge < -0.3 is 19.7 Å². The van der Waals surface area contributed by atoms with Crippen LogP contribution in [0.15, 0.2) is 102 Å². The smallest absolute Gasteiger partial charge is 0.264 e. The second kappa shape index (κ2) is 16.7. The van der Waals surface area contributed by atoms with E-state index in [1.165, 1.54) is 43.4 Å². The Balaban J connectivity index is 1.85. The lowest BCUT2D eigenvalue weighted by molar-refractivity contribution is -0.140. The van der Waals surface area contributed by atoms with Crippen molar-refractivity contribution in [1.82, 2.24) is 10.2 Å². The maximum atomic E-state index is 14.7. The Hall–Kier alpha value is -4.25. The highest BCUT2D eigenvalue weighted by atomic mass is 35.5. The molecule has 0 aliphatic carbocycles. The first kappa shape index (κ1) is 36.6. The van der Waals surface area contributed by atoms with Crippen molar-refractivity contribution >= 4 is 50.7 Å². The van der Waals surface area contributed by atoms with Crippen LogP contribution in [0.1, 0.15) is 31.4 Å². The highest BCUT2D eigenvalue weighted by Gasteiger charge is 2.36. The third-order valence-corrected chi connectivity index (χ3v) is 10.3. The van der Waals surface area contributed by atoms with E-state index in [1.54, 1.807) is 42.5 Å². The summed E-state index contributed by atoms with van der Waals surface area (Å²) >= 11 is 12.8. The average Bonchev–Trinajstić information content (AvgIpc) is 3.09. The number of carbonyl (C=O) groups is 2. The molecule has 0 aromatic heterocycles. The molecule has 2 atom stereocenters. The molecule has 12 heteroatoms. The summed E-state index contributed by atoms with van der Waals surface area (Å²) in [5, 5.41) is 3.72. The van der Waals surface area contributed by atoms with Crippen molar-refractivity contribution in [3.63, 3.8) is 0 Å². The molecule has 0 bridgehead atoms. The van der Waals surface area contributed by atoms with Crippen LogP contribution >= 0.6 is 23.2 Å². The Kier molecular flexibility index (Phi) is 12.7. The molecule has 0 saturated heterocycles. The lowest BCUT2D eigenvalue weighted by Gasteiger charge is -2.34. The van der Waals surface area contributed by atoms with Crippen molar-refractivity contribution in [2.45, 2.75) is 50.2 Å². The van der Waals surface area contributed by atoms with Crippen LogP contribution in [0, 0.1) is 0 Å². The highest BCUT2D eigenvalue weighted by molar-refractivity contribution is 7.92. The van der Waals surface area contributed by atoms with Crippen LogP contribution in [0.4, 0.5) is 5.69 Å². The number of nitrogens with one attached hydrogen (secondary N) is 1. The largest absolute Gasteiger partial charge is 0.497 e. The summed E-state index contributed by atoms with van der Waals surface area (Å²) in [7, 11) is -1.45. The second-order valence-electron chi connectivity index (χ2n) is 11.1. The fourth-order valence-corrected chi connectivity index (χ4v) is 6.95. The molecule has 0 spiro atoms. The van der Waals surface area contributed by atoms with Gasteiger partial charge in [0.25, 0.3) is 10.0 Å². The number of methoxy groups -OCH3 is 2. The van der Waals surface area contributed by atoms with Crippen LogP contribution in [0.2, 0.25) is 10.0 Å². The van der Waals surface area contributed by atoms with Gasteiger partial charge in [0.1, 0.15) is 24.1 Å². The van der Waals surface area contributed by atoms with Crippen LogP contribution in [-0.4, -0.2) is 58.0 Å². The van der Waals surface area contributed by atoms with Gasteiger partial charge in [-0.3, -0.25) is 13.9 Å². The summed E-state index contributed by atoms with van der Waals surface area (Å²) in [4.78, 5) is 30.0. The van der Waals surface area contributed by atoms with Gasteiger partial charge in [0, 0.05) is 29.1 Å². The van der Waals surface area contributed by atoms with Gasteiger partial charge in [-0.25, -0.2) is 8.42 Å². The number of hydrogen-bond acceptors (Lipinski definition) is 6. The molecule has 0 saturated carbocycles. The third-order valence-electron chi connectivity index (χ3n) is 7.91. The van der Waals surface area contributed by atoms with Gasteiger partial charge >= 0.3 is 0 Å². The Morgan fingerprint density at radius 2 is 1.54 bits per heavy atom. The summed E-state index contributed by atoms with van der Waals surface area (Å²) in [6.07, 6.45) is 0.836. The lowest BCUT2D eigenvalue weighted by atomic mass is 10.0. The number of anilines is 1. The van der Waals surface area contributed by atoms with Crippen LogP contribution in [0.3, 0.4) is 0 Å². The molecule has 0 radical (unpaired) electrons. The minimum atomic E-state index is -4.35. The number of para-hydroxylation sites is 2. The first-order chi connectivity index (χ1) is 23.0. The number of carbonyl (C=O) groups excluding carboxylic acids is 2. The number of ether oxygens (including phenoxy) is 2. The minimum absolute atomic E-state index is 0.0651. The van der Waals surface area contributed by atoms with Crippen molar-refractivity contribution in [1.29, 1.82) is 0 Å². The van der Waals surface area contributed by atoms with Gasteiger partial charge in [-0.2, -0.15) is 0 Å². The average molecular weight is 713 g/mol. The number of amides is 2. The van der Waals surface area contributed by atoms with E-state index in [0.717, 1.165) is 9.87 Å². The van der Waals surface area contributed by atoms with Gasteiger partial charge in [-0.05, 0) is 73.0 Å². The number of rotatable bonds is 15. The fraction of sp³-hybridized carbons (Fsp3) is 0.278. The molecular formula is C36H39Cl2N3O6S. The summed E-state index contributed by atoms with van der Waals surface area (Å²) in [6.45, 7) is 3.08. The molecule has 0 heterocycles. The molecule has 1 N–H and O–H groups in total. The van der Waals surface area contributed by atoms with Gasteiger partial charge in [0.05, 0.1) is 24.8 Å². The monoisotopic (exact) mass is 711 g/mol. The quantitative estimate of drug-likeness (QED) is 0.146. The number of hydrogen-bond donors (Lipinski definition) is 1. The summed E-state index contributed by atoms with van der Waals surface area (Å²) in [5.41, 5.74) is 1.50. The normalized spacial score (nSPS) is 12.5. The third kappa shape index (κ3) is 9.00. The zero-order valence-corrected chi connectivity index (χ0v) is 29.6. The van der Waals surface area contributed by atoms with Gasteiger partial charge in [-0.1, -0.05) is 78.7 Å². The first-order valence-electron chi connectivity index (χ1n) is 15.4. The Morgan fingerprint density at radius 1 is 0.875 bits per heavy atom. The lowest BCUT2D eigenvalue weighted by Crippen LogP contribution is -2.54. The minimum Gasteiger partial charge on any atom is -0.497 e. The first-order valence-corrected chi connectivity index (χ1v) is 17.6. The maximum Gasteiger partial charge on any atom is 0.264 e. The topological polar surface area (TPSA) is 105 Å². The predicted molar refractivity (Wildman–Crippen MR) is 189 cm³/mol. The number of benzene rings is 4. The van der Waals surface area contributed by atoms with Crippen LogP contribution < -0.4 is 19.1 Å². The molecule has 0 aliphatic heterocycles. The molecule has 48 heavy (non-hydrogen) atoms. The molecule has 0 fully saturated rings. The summed E-state index contributed by atoms with van der Waals surface area (Å²) in [5.74, 6) is -0.307. The van der Waals surface area contributed by atoms with E-state index in [2.05, 4.69) is 5.32 Å². The van der Waals surface area contributed by atoms with Crippen LogP contribution in [0.25, 0.3) is 0 Å². The Labute approximate surface area is 292 Å². The van der Waals surface area contributed by atoms with Crippen molar-refractivity contribution in [3.8, 4) is 11.5 Å². The molecule has 4 aromatic carbocycles. The SMILES string of the molecule is CCC(C)NC(=O)C(Cc1ccccc1)N(Cc1ccc(Cl)cc1Cl)C(=O)CN(c1ccccc1OC)S(=O)(=O)c1ccc(OC)cc1. The molecule has 4 aromatic rings. The van der Waals surface area contributed by atoms with E-state index in [1.807, 2.05) is 44.2 Å². The standard InChI is InChI=1S/C36H39Cl2N3O6S/c1-5-25(2)39-36(43)33(21-26-11-7-6-8-12-26)40(23-27-15-16-28(37)22-31(27)38)35(42)24-41(32-13-9-10-14-34(32)47-4)48(44,45)30-19-17-29(46-3)18-20-30/h6-20,22,25,33H,5,21,23-24H2,1-4H3,(H,39,43). The van der Waals surface area contributed by atoms with Gasteiger partial charge in [0.15, 0.2) is 0 Å². The van der Waals surface area contributed by atoms with Gasteiger partial charge in [0.2, 0.25) is 11.8 Å². The molecule has 2 unspecified atom stereocenters. The Bertz CT molecular complexity index is 1810. The predicted octanol–water partition coefficient (Wildman–Crippen LogP) is 6.76. The van der Waals surface area contributed by atoms with Crippen molar-refractivity contribution in [2.24, 2.45) is 0 Å². The fourth-order valence-electron chi connectivity index (χ4n) is 5.05. The highest BCUT2D eigenvalue weighted by Crippen LogP contribution is 2.33. The van der Waals surface area contributed by atoms with Gasteiger partial charge in [-0.15, -0.1) is 0 Å². The summed E-state index contributed by atoms with van der Waals surface area (Å²) < 4.78 is 40.4. The zero-order chi connectivity index (χ0) is 34.8. The zero-order valence-electron chi connectivity index (χ0n) is 27.2. The maximum absolute atomic E-state index is 14.7. The summed E-state index contributed by atoms with van der Waals surface area (Å²) in [6, 6.07) is 25.4. The van der Waals surface area contributed by atoms with Crippen molar-refractivity contribution < 1.29 is 27.5 Å². The van der Waals surface area contributed by atoms with E-state index in [9.17, 15) is 18.0 Å². The molecule has 2 amide bonds. The van der Waals surface area contributed by atoms with E-state index in [0.29, 0.717) is 27.8 Å². The molecule has 4 rings (SSSR count). The number of nitrogens with zero attached hydrogens (tertiary/aromatic N) is 2. The van der Waals surface area contributed by atoms with Crippen LogP contribution in [0.5, 0.6) is 11.5 Å². The number of halogens is 2. The van der Waals surface area contributed by atoms with Crippen molar-refractivity contribution in [2.75, 3.05) is 25.1 Å². The molecule has 254 valence electrons. The van der Waals surface area contributed by atoms with E-state index in [4.69, 9.17) is 32.7 Å². The van der Waals surface area contributed by atoms with Crippen molar-refractivity contribution in [3.05, 3.63) is 118 Å². The van der Waals surface area contributed by atoms with E-state index >= 15 is 0 Å². The van der Waals surface area contributed by atoms with E-state index in [-0.39, 0.29) is 41.2 Å². The molecule has 0 aliphatic rings. The Morgan fingerprint density at radius 3 is 2.17 bits per heavy atom. The van der Waals surface area contributed by atoms with E-state index < -0.39 is 28.5 Å². The van der Waals surface area contributed by atoms with Crippen LogP contribution in [-0.2, 0) is 32.6 Å². The second-order valence-corrected chi connectivity index (χ2v) is 13.8. The molecule has 9 nitrogen and oxygen atoms in total. The molecular weight excluding hydrogens is 673 g/mol.